The van der Waals surface area contributed by atoms with Gasteiger partial charge in [0, 0.05) is 29.7 Å². The molecule has 0 fully saturated rings. The van der Waals surface area contributed by atoms with Crippen molar-refractivity contribution in [1.82, 2.24) is 4.98 Å². The van der Waals surface area contributed by atoms with Gasteiger partial charge in [-0.15, -0.1) is 0 Å². The van der Waals surface area contributed by atoms with Gasteiger partial charge in [-0.25, -0.2) is 0 Å². The highest BCUT2D eigenvalue weighted by molar-refractivity contribution is 6.03. The average Bonchev–Trinajstić information content (AvgIpc) is 2.68. The van der Waals surface area contributed by atoms with Crippen LogP contribution in [0, 0.1) is 6.92 Å². The van der Waals surface area contributed by atoms with Crippen LogP contribution in [0.3, 0.4) is 0 Å². The van der Waals surface area contributed by atoms with Crippen molar-refractivity contribution in [1.29, 1.82) is 0 Å². The number of benzene rings is 2. The number of hydrogen-bond donors (Lipinski definition) is 2. The summed E-state index contributed by atoms with van der Waals surface area (Å²) >= 11 is 0. The fourth-order valence-electron chi connectivity index (χ4n) is 2.54. The first-order chi connectivity index (χ1) is 12.7. The summed E-state index contributed by atoms with van der Waals surface area (Å²) in [7, 11) is 1.65. The van der Waals surface area contributed by atoms with E-state index >= 15 is 0 Å². The van der Waals surface area contributed by atoms with Crippen molar-refractivity contribution in [3.05, 3.63) is 83.7 Å². The molecule has 0 aliphatic heterocycles. The van der Waals surface area contributed by atoms with E-state index in [1.54, 1.807) is 19.4 Å². The smallest absolute Gasteiger partial charge is 0.274 e. The number of pyridine rings is 1. The maximum atomic E-state index is 12.4. The Balaban J connectivity index is 1.67. The van der Waals surface area contributed by atoms with Gasteiger partial charge in [-0.3, -0.25) is 9.78 Å². The molecule has 3 rings (SSSR count). The topological polar surface area (TPSA) is 63.2 Å². The number of carbonyl (C=O) groups is 1. The summed E-state index contributed by atoms with van der Waals surface area (Å²) in [5.74, 6) is 0.584. The first-order valence-corrected chi connectivity index (χ1v) is 8.35. The lowest BCUT2D eigenvalue weighted by molar-refractivity contribution is 0.102. The van der Waals surface area contributed by atoms with E-state index in [9.17, 15) is 4.79 Å². The number of hydrogen-bond acceptors (Lipinski definition) is 4. The molecule has 3 aromatic rings. The first kappa shape index (κ1) is 17.5. The normalized spacial score (nSPS) is 10.2. The molecule has 0 aliphatic rings. The molecular formula is C21H21N3O2. The van der Waals surface area contributed by atoms with Crippen molar-refractivity contribution in [3.63, 3.8) is 0 Å². The molecule has 2 N–H and O–H groups in total. The Morgan fingerprint density at radius 1 is 1.04 bits per heavy atom. The minimum absolute atomic E-state index is 0.241. The lowest BCUT2D eigenvalue weighted by Crippen LogP contribution is -2.14. The minimum atomic E-state index is -0.241. The summed E-state index contributed by atoms with van der Waals surface area (Å²) in [6.07, 6.45) is 1.62. The number of nitrogens with one attached hydrogen (secondary N) is 2. The predicted molar refractivity (Wildman–Crippen MR) is 104 cm³/mol. The van der Waals surface area contributed by atoms with E-state index in [2.05, 4.69) is 15.6 Å². The van der Waals surface area contributed by atoms with Gasteiger partial charge in [-0.1, -0.05) is 35.9 Å². The van der Waals surface area contributed by atoms with Crippen LogP contribution in [0.25, 0.3) is 0 Å². The van der Waals surface area contributed by atoms with Crippen LogP contribution in [0.4, 0.5) is 11.4 Å². The number of aryl methyl sites for hydroxylation is 1. The summed E-state index contributed by atoms with van der Waals surface area (Å²) in [5.41, 5.74) is 4.10. The van der Waals surface area contributed by atoms with Gasteiger partial charge in [-0.05, 0) is 37.3 Å². The lowest BCUT2D eigenvalue weighted by atomic mass is 10.2. The summed E-state index contributed by atoms with van der Waals surface area (Å²) < 4.78 is 5.35. The minimum Gasteiger partial charge on any atom is -0.496 e. The number of anilines is 2. The van der Waals surface area contributed by atoms with Crippen LogP contribution in [0.5, 0.6) is 5.75 Å². The van der Waals surface area contributed by atoms with Crippen molar-refractivity contribution in [2.75, 3.05) is 17.7 Å². The summed E-state index contributed by atoms with van der Waals surface area (Å²) in [6.45, 7) is 2.59. The summed E-state index contributed by atoms with van der Waals surface area (Å²) in [5, 5.41) is 6.16. The number of ether oxygens (including phenoxy) is 1. The SMILES string of the molecule is COc1ccccc1CNc1ccnc(C(=O)Nc2ccc(C)cc2)c1. The van der Waals surface area contributed by atoms with Crippen molar-refractivity contribution in [3.8, 4) is 5.75 Å². The zero-order chi connectivity index (χ0) is 18.4. The predicted octanol–water partition coefficient (Wildman–Crippen LogP) is 4.26. The fourth-order valence-corrected chi connectivity index (χ4v) is 2.54. The molecule has 0 saturated carbocycles. The molecule has 1 heterocycles. The average molecular weight is 347 g/mol. The van der Waals surface area contributed by atoms with Crippen LogP contribution in [0.2, 0.25) is 0 Å². The molecule has 0 atom stereocenters. The Morgan fingerprint density at radius 3 is 2.58 bits per heavy atom. The molecule has 1 aromatic heterocycles. The number of methoxy groups -OCH3 is 1. The highest BCUT2D eigenvalue weighted by Gasteiger charge is 2.09. The quantitative estimate of drug-likeness (QED) is 0.699. The van der Waals surface area contributed by atoms with E-state index in [1.807, 2.05) is 61.5 Å². The Bertz CT molecular complexity index is 892. The number of rotatable bonds is 6. The molecule has 0 saturated heterocycles. The molecule has 2 aromatic carbocycles. The Hall–Kier alpha value is -3.34. The molecule has 0 unspecified atom stereocenters. The number of amides is 1. The van der Waals surface area contributed by atoms with E-state index in [1.165, 1.54) is 0 Å². The molecule has 0 bridgehead atoms. The van der Waals surface area contributed by atoms with Gasteiger partial charge in [0.2, 0.25) is 0 Å². The zero-order valence-electron chi connectivity index (χ0n) is 14.8. The maximum Gasteiger partial charge on any atom is 0.274 e. The van der Waals surface area contributed by atoms with Crippen molar-refractivity contribution >= 4 is 17.3 Å². The standard InChI is InChI=1S/C21H21N3O2/c1-15-7-9-17(10-8-15)24-21(25)19-13-18(11-12-22-19)23-14-16-5-3-4-6-20(16)26-2/h3-13H,14H2,1-2H3,(H,22,23)(H,24,25). The third-order valence-electron chi connectivity index (χ3n) is 3.98. The molecule has 0 radical (unpaired) electrons. The zero-order valence-corrected chi connectivity index (χ0v) is 14.8. The second kappa shape index (κ2) is 8.16. The van der Waals surface area contributed by atoms with Gasteiger partial charge in [0.1, 0.15) is 11.4 Å². The van der Waals surface area contributed by atoms with Gasteiger partial charge in [0.05, 0.1) is 7.11 Å². The highest BCUT2D eigenvalue weighted by atomic mass is 16.5. The van der Waals surface area contributed by atoms with Crippen LogP contribution in [-0.4, -0.2) is 18.0 Å². The van der Waals surface area contributed by atoms with E-state index in [0.717, 1.165) is 28.3 Å². The molecule has 0 aliphatic carbocycles. The number of nitrogens with zero attached hydrogens (tertiary/aromatic N) is 1. The van der Waals surface area contributed by atoms with Gasteiger partial charge in [0.15, 0.2) is 0 Å². The van der Waals surface area contributed by atoms with Gasteiger partial charge < -0.3 is 15.4 Å². The second-order valence-electron chi connectivity index (χ2n) is 5.92. The van der Waals surface area contributed by atoms with Gasteiger partial charge in [-0.2, -0.15) is 0 Å². The second-order valence-corrected chi connectivity index (χ2v) is 5.92. The van der Waals surface area contributed by atoms with Crippen LogP contribution in [-0.2, 0) is 6.54 Å². The molecule has 26 heavy (non-hydrogen) atoms. The molecule has 1 amide bonds. The van der Waals surface area contributed by atoms with Crippen LogP contribution >= 0.6 is 0 Å². The van der Waals surface area contributed by atoms with E-state index in [0.29, 0.717) is 12.2 Å². The third kappa shape index (κ3) is 4.39. The molecule has 132 valence electrons. The van der Waals surface area contributed by atoms with Crippen molar-refractivity contribution in [2.45, 2.75) is 13.5 Å². The molecule has 5 nitrogen and oxygen atoms in total. The summed E-state index contributed by atoms with van der Waals surface area (Å²) in [4.78, 5) is 16.6. The summed E-state index contributed by atoms with van der Waals surface area (Å²) in [6, 6.07) is 19.0. The number of carbonyl (C=O) groups excluding carboxylic acids is 1. The number of para-hydroxylation sites is 1. The van der Waals surface area contributed by atoms with Crippen molar-refractivity contribution < 1.29 is 9.53 Å². The van der Waals surface area contributed by atoms with E-state index in [-0.39, 0.29) is 5.91 Å². The van der Waals surface area contributed by atoms with E-state index < -0.39 is 0 Å². The third-order valence-corrected chi connectivity index (χ3v) is 3.98. The largest absolute Gasteiger partial charge is 0.496 e. The maximum absolute atomic E-state index is 12.4. The van der Waals surface area contributed by atoms with Crippen LogP contribution in [0.15, 0.2) is 66.9 Å². The Kier molecular flexibility index (Phi) is 5.49. The van der Waals surface area contributed by atoms with Crippen LogP contribution < -0.4 is 15.4 Å². The van der Waals surface area contributed by atoms with Gasteiger partial charge >= 0.3 is 0 Å². The molecule has 5 heteroatoms. The Labute approximate surface area is 153 Å². The van der Waals surface area contributed by atoms with Crippen molar-refractivity contribution in [2.24, 2.45) is 0 Å². The number of aromatic nitrogens is 1. The first-order valence-electron chi connectivity index (χ1n) is 8.35. The van der Waals surface area contributed by atoms with Crippen LogP contribution in [0.1, 0.15) is 21.6 Å². The molecule has 0 spiro atoms. The van der Waals surface area contributed by atoms with E-state index in [4.69, 9.17) is 4.74 Å². The molecular weight excluding hydrogens is 326 g/mol. The fraction of sp³-hybridized carbons (Fsp3) is 0.143. The lowest BCUT2D eigenvalue weighted by Gasteiger charge is -2.11. The highest BCUT2D eigenvalue weighted by Crippen LogP contribution is 2.19. The van der Waals surface area contributed by atoms with Gasteiger partial charge in [0.25, 0.3) is 5.91 Å². The monoisotopic (exact) mass is 347 g/mol. The Morgan fingerprint density at radius 2 is 1.81 bits per heavy atom.